The molecule has 2 amide bonds. The third-order valence-corrected chi connectivity index (χ3v) is 7.32. The number of hydrogen-bond donors (Lipinski definition) is 2. The molecule has 1 aromatic carbocycles. The lowest BCUT2D eigenvalue weighted by Crippen LogP contribution is -2.55. The average Bonchev–Trinajstić information content (AvgIpc) is 3.09. The van der Waals surface area contributed by atoms with Crippen LogP contribution >= 0.6 is 23.2 Å². The molecular formula is C25H25Cl2F5N4O3. The highest BCUT2D eigenvalue weighted by molar-refractivity contribution is 6.34. The van der Waals surface area contributed by atoms with Gasteiger partial charge in [-0.25, -0.2) is 13.8 Å². The van der Waals surface area contributed by atoms with E-state index < -0.39 is 41.8 Å². The Labute approximate surface area is 231 Å². The van der Waals surface area contributed by atoms with Crippen LogP contribution in [-0.2, 0) is 4.79 Å². The predicted molar refractivity (Wildman–Crippen MR) is 134 cm³/mol. The second kappa shape index (κ2) is 11.0. The summed E-state index contributed by atoms with van der Waals surface area (Å²) in [6, 6.07) is 2.49. The number of fused-ring (bicyclic) bond motifs is 2. The minimum atomic E-state index is -4.59. The SMILES string of the molecule is CC(C)(Oc1cc(Cl)c(F)cc1Cl)C(=O)NC1C[C@H]2CC[C@@H](C1)N2c1ncc(C(=O)NCC(F)(F)F)cc1F. The zero-order valence-corrected chi connectivity index (χ0v) is 22.4. The van der Waals surface area contributed by atoms with Crippen molar-refractivity contribution in [2.45, 2.75) is 69.4 Å². The Morgan fingerprint density at radius 2 is 1.69 bits per heavy atom. The number of piperidine rings is 1. The van der Waals surface area contributed by atoms with Crippen LogP contribution in [0.15, 0.2) is 24.4 Å². The number of nitrogens with one attached hydrogen (secondary N) is 2. The van der Waals surface area contributed by atoms with E-state index in [4.69, 9.17) is 27.9 Å². The minimum absolute atomic E-state index is 0.00569. The second-order valence-electron chi connectivity index (χ2n) is 10.1. The molecule has 14 heteroatoms. The van der Waals surface area contributed by atoms with Crippen LogP contribution in [0.2, 0.25) is 10.0 Å². The number of hydrogen-bond acceptors (Lipinski definition) is 5. The Bertz CT molecular complexity index is 1260. The standard InChI is InChI=1S/C25H25Cl2F5N4O3/c1-24(2,39-20-9-16(26)18(28)8-17(20)27)23(38)35-13-6-14-3-4-15(7-13)36(14)21-19(29)5-12(10-33-21)22(37)34-11-25(30,31)32/h5,8-10,13-15H,3-4,6-7,11H2,1-2H3,(H,34,37)(H,35,38)/t13?,14-,15+. The molecule has 7 nitrogen and oxygen atoms in total. The van der Waals surface area contributed by atoms with Crippen LogP contribution < -0.4 is 20.3 Å². The van der Waals surface area contributed by atoms with Gasteiger partial charge < -0.3 is 20.3 Å². The number of aromatic nitrogens is 1. The fourth-order valence-electron chi connectivity index (χ4n) is 4.93. The van der Waals surface area contributed by atoms with Gasteiger partial charge in [-0.3, -0.25) is 9.59 Å². The van der Waals surface area contributed by atoms with E-state index in [0.29, 0.717) is 12.8 Å². The summed E-state index contributed by atoms with van der Waals surface area (Å²) in [5.74, 6) is -3.00. The lowest BCUT2D eigenvalue weighted by atomic mass is 9.96. The molecule has 2 saturated heterocycles. The number of benzene rings is 1. The molecule has 3 atom stereocenters. The molecule has 0 spiro atoms. The van der Waals surface area contributed by atoms with Gasteiger partial charge in [0.05, 0.1) is 15.6 Å². The van der Waals surface area contributed by atoms with Crippen molar-refractivity contribution in [1.82, 2.24) is 15.6 Å². The zero-order valence-electron chi connectivity index (χ0n) is 20.8. The highest BCUT2D eigenvalue weighted by atomic mass is 35.5. The molecule has 2 aromatic rings. The molecule has 0 aliphatic carbocycles. The van der Waals surface area contributed by atoms with Crippen molar-refractivity contribution in [3.8, 4) is 5.75 Å². The molecule has 2 N–H and O–H groups in total. The van der Waals surface area contributed by atoms with Gasteiger partial charge in [0.25, 0.3) is 11.8 Å². The molecule has 2 aliphatic heterocycles. The Morgan fingerprint density at radius 1 is 1.05 bits per heavy atom. The van der Waals surface area contributed by atoms with Gasteiger partial charge in [-0.15, -0.1) is 0 Å². The van der Waals surface area contributed by atoms with Gasteiger partial charge >= 0.3 is 6.18 Å². The van der Waals surface area contributed by atoms with Crippen LogP contribution in [-0.4, -0.2) is 53.2 Å². The topological polar surface area (TPSA) is 83.6 Å². The van der Waals surface area contributed by atoms with Gasteiger partial charge in [-0.05, 0) is 51.7 Å². The van der Waals surface area contributed by atoms with Gasteiger partial charge in [0, 0.05) is 30.4 Å². The molecule has 1 aromatic heterocycles. The average molecular weight is 595 g/mol. The number of ether oxygens (including phenoxy) is 1. The summed E-state index contributed by atoms with van der Waals surface area (Å²) in [6.07, 6.45) is -1.15. The predicted octanol–water partition coefficient (Wildman–Crippen LogP) is 5.43. The van der Waals surface area contributed by atoms with Gasteiger partial charge in [-0.1, -0.05) is 23.2 Å². The van der Waals surface area contributed by atoms with Gasteiger partial charge in [0.1, 0.15) is 18.1 Å². The van der Waals surface area contributed by atoms with E-state index in [-0.39, 0.29) is 45.3 Å². The summed E-state index contributed by atoms with van der Waals surface area (Å²) < 4.78 is 71.4. The van der Waals surface area contributed by atoms with Crippen molar-refractivity contribution in [3.63, 3.8) is 0 Å². The molecule has 3 heterocycles. The van der Waals surface area contributed by atoms with Crippen molar-refractivity contribution in [1.29, 1.82) is 0 Å². The molecule has 2 fully saturated rings. The highest BCUT2D eigenvalue weighted by Crippen LogP contribution is 2.40. The summed E-state index contributed by atoms with van der Waals surface area (Å²) in [5.41, 5.74) is -1.70. The Hall–Kier alpha value is -2.86. The van der Waals surface area contributed by atoms with Crippen LogP contribution in [0.5, 0.6) is 5.75 Å². The number of carbonyl (C=O) groups excluding carboxylic acids is 2. The molecule has 2 bridgehead atoms. The maximum absolute atomic E-state index is 15.0. The largest absolute Gasteiger partial charge is 0.476 e. The molecule has 2 aliphatic rings. The van der Waals surface area contributed by atoms with E-state index in [9.17, 15) is 31.5 Å². The fourth-order valence-corrected chi connectivity index (χ4v) is 5.27. The Kier molecular flexibility index (Phi) is 8.18. The van der Waals surface area contributed by atoms with Gasteiger partial charge in [0.2, 0.25) is 0 Å². The smallest absolute Gasteiger partial charge is 0.405 e. The molecule has 0 saturated carbocycles. The van der Waals surface area contributed by atoms with Crippen LogP contribution in [0.4, 0.5) is 27.8 Å². The first-order valence-corrected chi connectivity index (χ1v) is 12.8. The normalized spacial score (nSPS) is 21.1. The van der Waals surface area contributed by atoms with Crippen molar-refractivity contribution in [2.24, 2.45) is 0 Å². The van der Waals surface area contributed by atoms with Crippen LogP contribution in [0.3, 0.4) is 0 Å². The van der Waals surface area contributed by atoms with Crippen molar-refractivity contribution in [2.75, 3.05) is 11.4 Å². The van der Waals surface area contributed by atoms with Gasteiger partial charge in [0.15, 0.2) is 17.2 Å². The summed E-state index contributed by atoms with van der Waals surface area (Å²) in [7, 11) is 0. The molecule has 1 unspecified atom stereocenters. The summed E-state index contributed by atoms with van der Waals surface area (Å²) in [4.78, 5) is 30.9. The van der Waals surface area contributed by atoms with Crippen molar-refractivity contribution in [3.05, 3.63) is 51.6 Å². The Morgan fingerprint density at radius 3 is 2.28 bits per heavy atom. The zero-order chi connectivity index (χ0) is 28.7. The number of rotatable bonds is 7. The molecule has 39 heavy (non-hydrogen) atoms. The first kappa shape index (κ1) is 29.1. The number of pyridine rings is 1. The quantitative estimate of drug-likeness (QED) is 0.330. The molecule has 4 rings (SSSR count). The van der Waals surface area contributed by atoms with E-state index in [1.807, 2.05) is 0 Å². The maximum Gasteiger partial charge on any atom is 0.405 e. The van der Waals surface area contributed by atoms with Crippen molar-refractivity contribution < 1.29 is 36.3 Å². The first-order chi connectivity index (χ1) is 18.1. The van der Waals surface area contributed by atoms with Crippen LogP contribution in [0.25, 0.3) is 0 Å². The van der Waals surface area contributed by atoms with Crippen LogP contribution in [0.1, 0.15) is 49.9 Å². The van der Waals surface area contributed by atoms with Crippen molar-refractivity contribution >= 4 is 40.8 Å². The number of carbonyl (C=O) groups is 2. The molecule has 212 valence electrons. The number of amides is 2. The summed E-state index contributed by atoms with van der Waals surface area (Å²) in [5, 5.41) is 4.41. The van der Waals surface area contributed by atoms with Gasteiger partial charge in [-0.2, -0.15) is 13.2 Å². The lowest BCUT2D eigenvalue weighted by Gasteiger charge is -2.41. The third-order valence-electron chi connectivity index (χ3n) is 6.73. The van der Waals surface area contributed by atoms with E-state index >= 15 is 0 Å². The monoisotopic (exact) mass is 594 g/mol. The fraction of sp³-hybridized carbons (Fsp3) is 0.480. The van der Waals surface area contributed by atoms with E-state index in [1.165, 1.54) is 19.9 Å². The maximum atomic E-state index is 15.0. The third kappa shape index (κ3) is 6.66. The Balaban J connectivity index is 1.40. The van der Waals surface area contributed by atoms with E-state index in [2.05, 4.69) is 10.3 Å². The highest BCUT2D eigenvalue weighted by Gasteiger charge is 2.44. The molecular weight excluding hydrogens is 570 g/mol. The lowest BCUT2D eigenvalue weighted by molar-refractivity contribution is -0.135. The number of alkyl halides is 3. The molecule has 0 radical (unpaired) electrons. The number of nitrogens with zero attached hydrogens (tertiary/aromatic N) is 2. The first-order valence-electron chi connectivity index (χ1n) is 12.1. The van der Waals surface area contributed by atoms with E-state index in [1.54, 1.807) is 10.2 Å². The summed E-state index contributed by atoms with van der Waals surface area (Å²) in [6.45, 7) is 1.53. The van der Waals surface area contributed by atoms with Crippen LogP contribution in [0, 0.1) is 11.6 Å². The second-order valence-corrected chi connectivity index (χ2v) is 10.9. The summed E-state index contributed by atoms with van der Waals surface area (Å²) >= 11 is 11.8. The number of halogens is 7. The minimum Gasteiger partial charge on any atom is -0.476 e. The number of anilines is 1. The van der Waals surface area contributed by atoms with E-state index in [0.717, 1.165) is 31.2 Å².